The number of halogens is 3. The first-order valence-corrected chi connectivity index (χ1v) is 5.97. The predicted molar refractivity (Wildman–Crippen MR) is 68.8 cm³/mol. The first kappa shape index (κ1) is 13.3. The van der Waals surface area contributed by atoms with Gasteiger partial charge in [-0.1, -0.05) is 0 Å². The highest BCUT2D eigenvalue weighted by Crippen LogP contribution is 2.33. The van der Waals surface area contributed by atoms with Gasteiger partial charge >= 0.3 is 6.18 Å². The van der Waals surface area contributed by atoms with Gasteiger partial charge < -0.3 is 4.98 Å². The Kier molecular flexibility index (Phi) is 2.82. The lowest BCUT2D eigenvalue weighted by atomic mass is 10.1. The molecule has 21 heavy (non-hydrogen) atoms. The van der Waals surface area contributed by atoms with Crippen molar-refractivity contribution in [1.29, 1.82) is 0 Å². The molecule has 3 heterocycles. The van der Waals surface area contributed by atoms with Crippen LogP contribution in [0.3, 0.4) is 0 Å². The van der Waals surface area contributed by atoms with Gasteiger partial charge in [-0.15, -0.1) is 0 Å². The SMILES string of the molecule is Cc1ccn2c(=O)c(-c3cnc[nH]3)c(C(F)(F)F)nc2c1. The summed E-state index contributed by atoms with van der Waals surface area (Å²) in [5.74, 6) is 0. The van der Waals surface area contributed by atoms with Crippen LogP contribution < -0.4 is 5.56 Å². The molecule has 0 radical (unpaired) electrons. The molecule has 3 rings (SSSR count). The van der Waals surface area contributed by atoms with Crippen molar-refractivity contribution in [3.63, 3.8) is 0 Å². The monoisotopic (exact) mass is 294 g/mol. The largest absolute Gasteiger partial charge is 0.434 e. The molecule has 0 aliphatic heterocycles. The number of rotatable bonds is 1. The molecule has 1 N–H and O–H groups in total. The number of nitrogens with one attached hydrogen (secondary N) is 1. The quantitative estimate of drug-likeness (QED) is 0.749. The van der Waals surface area contributed by atoms with Gasteiger partial charge in [-0.3, -0.25) is 9.20 Å². The molecule has 0 aromatic carbocycles. The number of hydrogen-bond acceptors (Lipinski definition) is 3. The number of aryl methyl sites for hydroxylation is 1. The highest BCUT2D eigenvalue weighted by molar-refractivity contribution is 5.63. The van der Waals surface area contributed by atoms with E-state index in [4.69, 9.17) is 0 Å². The summed E-state index contributed by atoms with van der Waals surface area (Å²) in [4.78, 5) is 22.2. The lowest BCUT2D eigenvalue weighted by Crippen LogP contribution is -2.24. The molecule has 0 aliphatic carbocycles. The molecule has 8 heteroatoms. The van der Waals surface area contributed by atoms with Crippen molar-refractivity contribution in [1.82, 2.24) is 19.4 Å². The van der Waals surface area contributed by atoms with E-state index in [1.807, 2.05) is 0 Å². The van der Waals surface area contributed by atoms with Gasteiger partial charge in [0.15, 0.2) is 5.69 Å². The van der Waals surface area contributed by atoms with Gasteiger partial charge in [-0.25, -0.2) is 9.97 Å². The summed E-state index contributed by atoms with van der Waals surface area (Å²) in [7, 11) is 0. The van der Waals surface area contributed by atoms with Crippen LogP contribution in [0.15, 0.2) is 35.6 Å². The maximum Gasteiger partial charge on any atom is 0.434 e. The average molecular weight is 294 g/mol. The number of imidazole rings is 1. The van der Waals surface area contributed by atoms with Crippen molar-refractivity contribution < 1.29 is 13.2 Å². The number of aromatic amines is 1. The summed E-state index contributed by atoms with van der Waals surface area (Å²) in [6, 6.07) is 3.05. The second kappa shape index (κ2) is 4.44. The van der Waals surface area contributed by atoms with Crippen LogP contribution in [0.5, 0.6) is 0 Å². The number of H-pyrrole nitrogens is 1. The first-order chi connectivity index (χ1) is 9.88. The first-order valence-electron chi connectivity index (χ1n) is 5.97. The number of pyridine rings is 1. The summed E-state index contributed by atoms with van der Waals surface area (Å²) in [5.41, 5.74) is -1.91. The second-order valence-corrected chi connectivity index (χ2v) is 4.54. The smallest absolute Gasteiger partial charge is 0.344 e. The molecule has 0 saturated heterocycles. The Morgan fingerprint density at radius 2 is 2.10 bits per heavy atom. The minimum Gasteiger partial charge on any atom is -0.344 e. The van der Waals surface area contributed by atoms with Gasteiger partial charge in [0.25, 0.3) is 5.56 Å². The Labute approximate surface area is 116 Å². The predicted octanol–water partition coefficient (Wildman–Crippen LogP) is 2.41. The minimum absolute atomic E-state index is 0.0187. The third kappa shape index (κ3) is 2.18. The van der Waals surface area contributed by atoms with Crippen LogP contribution >= 0.6 is 0 Å². The third-order valence-corrected chi connectivity index (χ3v) is 3.02. The number of alkyl halides is 3. The maximum atomic E-state index is 13.2. The molecule has 0 unspecified atom stereocenters. The Bertz CT molecular complexity index is 865. The van der Waals surface area contributed by atoms with Gasteiger partial charge in [0, 0.05) is 6.20 Å². The molecule has 0 bridgehead atoms. The van der Waals surface area contributed by atoms with Crippen molar-refractivity contribution in [3.05, 3.63) is 52.5 Å². The van der Waals surface area contributed by atoms with Crippen LogP contribution in [0.1, 0.15) is 11.3 Å². The summed E-state index contributed by atoms with van der Waals surface area (Å²) in [5, 5.41) is 0. The zero-order chi connectivity index (χ0) is 15.2. The Morgan fingerprint density at radius 3 is 2.71 bits per heavy atom. The highest BCUT2D eigenvalue weighted by atomic mass is 19.4. The van der Waals surface area contributed by atoms with E-state index in [2.05, 4.69) is 15.0 Å². The highest BCUT2D eigenvalue weighted by Gasteiger charge is 2.38. The van der Waals surface area contributed by atoms with Crippen LogP contribution in [0.25, 0.3) is 16.9 Å². The molecule has 0 aliphatic rings. The molecule has 3 aromatic rings. The van der Waals surface area contributed by atoms with Crippen LogP contribution in [-0.4, -0.2) is 19.4 Å². The summed E-state index contributed by atoms with van der Waals surface area (Å²) in [6.45, 7) is 1.71. The lowest BCUT2D eigenvalue weighted by molar-refractivity contribution is -0.140. The van der Waals surface area contributed by atoms with Crippen molar-refractivity contribution in [2.75, 3.05) is 0 Å². The number of nitrogens with zero attached hydrogens (tertiary/aromatic N) is 3. The molecular weight excluding hydrogens is 285 g/mol. The second-order valence-electron chi connectivity index (χ2n) is 4.54. The van der Waals surface area contributed by atoms with Gasteiger partial charge in [0.2, 0.25) is 0 Å². The van der Waals surface area contributed by atoms with E-state index >= 15 is 0 Å². The van der Waals surface area contributed by atoms with Gasteiger partial charge in [0.05, 0.1) is 23.8 Å². The van der Waals surface area contributed by atoms with Crippen molar-refractivity contribution in [2.24, 2.45) is 0 Å². The topological polar surface area (TPSA) is 63.1 Å². The zero-order valence-electron chi connectivity index (χ0n) is 10.8. The third-order valence-electron chi connectivity index (χ3n) is 3.02. The number of aromatic nitrogens is 4. The molecule has 0 amide bonds. The molecule has 0 atom stereocenters. The molecule has 108 valence electrons. The molecule has 0 fully saturated rings. The van der Waals surface area contributed by atoms with Crippen molar-refractivity contribution in [2.45, 2.75) is 13.1 Å². The van der Waals surface area contributed by atoms with Crippen molar-refractivity contribution in [3.8, 4) is 11.3 Å². The Hall–Kier alpha value is -2.64. The standard InChI is InChI=1S/C13H9F3N4O/c1-7-2-3-20-9(4-7)19-11(13(14,15)16)10(12(20)21)8-5-17-6-18-8/h2-6H,1H3,(H,17,18). The van der Waals surface area contributed by atoms with E-state index in [1.54, 1.807) is 13.0 Å². The average Bonchev–Trinajstić information content (AvgIpc) is 2.90. The number of fused-ring (bicyclic) bond motifs is 1. The fourth-order valence-electron chi connectivity index (χ4n) is 2.08. The summed E-state index contributed by atoms with van der Waals surface area (Å²) < 4.78 is 40.7. The van der Waals surface area contributed by atoms with Gasteiger partial charge in [0.1, 0.15) is 5.65 Å². The van der Waals surface area contributed by atoms with E-state index in [9.17, 15) is 18.0 Å². The van der Waals surface area contributed by atoms with Gasteiger partial charge in [-0.05, 0) is 24.6 Å². The zero-order valence-corrected chi connectivity index (χ0v) is 10.8. The fraction of sp³-hybridized carbons (Fsp3) is 0.154. The lowest BCUT2D eigenvalue weighted by Gasteiger charge is -2.12. The van der Waals surface area contributed by atoms with E-state index in [-0.39, 0.29) is 11.3 Å². The number of hydrogen-bond donors (Lipinski definition) is 1. The van der Waals surface area contributed by atoms with E-state index in [0.29, 0.717) is 5.56 Å². The summed E-state index contributed by atoms with van der Waals surface area (Å²) in [6.07, 6.45) is -0.967. The van der Waals surface area contributed by atoms with Crippen LogP contribution in [0.2, 0.25) is 0 Å². The van der Waals surface area contributed by atoms with E-state index < -0.39 is 23.0 Å². The summed E-state index contributed by atoms with van der Waals surface area (Å²) >= 11 is 0. The van der Waals surface area contributed by atoms with Crippen LogP contribution in [0, 0.1) is 6.92 Å². The van der Waals surface area contributed by atoms with Crippen molar-refractivity contribution >= 4 is 5.65 Å². The molecule has 5 nitrogen and oxygen atoms in total. The van der Waals surface area contributed by atoms with Crippen LogP contribution in [-0.2, 0) is 6.18 Å². The maximum absolute atomic E-state index is 13.2. The molecule has 0 spiro atoms. The Balaban J connectivity index is 2.47. The fourth-order valence-corrected chi connectivity index (χ4v) is 2.08. The van der Waals surface area contributed by atoms with Gasteiger partial charge in [-0.2, -0.15) is 13.2 Å². The van der Waals surface area contributed by atoms with E-state index in [0.717, 1.165) is 10.6 Å². The normalized spacial score (nSPS) is 12.0. The van der Waals surface area contributed by atoms with Crippen LogP contribution in [0.4, 0.5) is 13.2 Å². The minimum atomic E-state index is -4.74. The molecule has 0 saturated carbocycles. The molecular formula is C13H9F3N4O. The Morgan fingerprint density at radius 1 is 1.33 bits per heavy atom. The molecule has 3 aromatic heterocycles. The van der Waals surface area contributed by atoms with E-state index in [1.165, 1.54) is 18.6 Å².